The van der Waals surface area contributed by atoms with Crippen LogP contribution in [0.15, 0.2) is 47.2 Å². The van der Waals surface area contributed by atoms with Gasteiger partial charge in [-0.25, -0.2) is 4.98 Å². The highest BCUT2D eigenvalue weighted by Crippen LogP contribution is 2.27. The first kappa shape index (κ1) is 19.8. The molecular formula is C23H25N5O2. The molecule has 1 atom stereocenters. The number of pyridine rings is 1. The van der Waals surface area contributed by atoms with Crippen molar-refractivity contribution in [3.05, 3.63) is 65.1 Å². The molecule has 7 heteroatoms. The van der Waals surface area contributed by atoms with Gasteiger partial charge in [0.2, 0.25) is 0 Å². The van der Waals surface area contributed by atoms with E-state index in [2.05, 4.69) is 58.7 Å². The number of aryl methyl sites for hydroxylation is 2. The lowest BCUT2D eigenvalue weighted by Crippen LogP contribution is -2.27. The number of nitrogens with one attached hydrogen (secondary N) is 1. The first-order valence-electron chi connectivity index (χ1n) is 10.00. The van der Waals surface area contributed by atoms with Gasteiger partial charge < -0.3 is 9.84 Å². The summed E-state index contributed by atoms with van der Waals surface area (Å²) in [5.74, 6) is 0.274. The van der Waals surface area contributed by atoms with E-state index in [9.17, 15) is 4.79 Å². The molecule has 0 saturated heterocycles. The van der Waals surface area contributed by atoms with E-state index in [4.69, 9.17) is 4.52 Å². The zero-order valence-corrected chi connectivity index (χ0v) is 17.8. The molecule has 0 spiro atoms. The summed E-state index contributed by atoms with van der Waals surface area (Å²) in [6.07, 6.45) is 3.55. The predicted molar refractivity (Wildman–Crippen MR) is 115 cm³/mol. The van der Waals surface area contributed by atoms with Gasteiger partial charge in [-0.05, 0) is 37.0 Å². The molecule has 0 saturated carbocycles. The Labute approximate surface area is 175 Å². The van der Waals surface area contributed by atoms with Gasteiger partial charge in [-0.15, -0.1) is 0 Å². The maximum absolute atomic E-state index is 13.2. The summed E-state index contributed by atoms with van der Waals surface area (Å²) in [7, 11) is 1.83. The summed E-state index contributed by atoms with van der Waals surface area (Å²) in [4.78, 5) is 17.8. The Hall–Kier alpha value is -3.48. The van der Waals surface area contributed by atoms with Gasteiger partial charge in [-0.2, -0.15) is 5.10 Å². The average Bonchev–Trinajstić information content (AvgIpc) is 3.33. The molecule has 4 aromatic rings. The van der Waals surface area contributed by atoms with E-state index < -0.39 is 0 Å². The van der Waals surface area contributed by atoms with Crippen LogP contribution in [0.4, 0.5) is 0 Å². The number of carbonyl (C=O) groups excluding carboxylic acids is 1. The lowest BCUT2D eigenvalue weighted by molar-refractivity contribution is 0.0941. The van der Waals surface area contributed by atoms with E-state index in [-0.39, 0.29) is 11.9 Å². The van der Waals surface area contributed by atoms with E-state index in [1.165, 1.54) is 5.56 Å². The third-order valence-corrected chi connectivity index (χ3v) is 5.31. The van der Waals surface area contributed by atoms with Crippen molar-refractivity contribution in [2.75, 3.05) is 0 Å². The Balaban J connectivity index is 1.67. The summed E-state index contributed by atoms with van der Waals surface area (Å²) < 4.78 is 7.06. The highest BCUT2D eigenvalue weighted by Gasteiger charge is 2.21. The standard InChI is InChI=1S/C23H25N5O2/c1-13(2)16-6-8-17(9-7-16)14(3)25-22(29)19-10-20(18-11-24-28(5)12-18)26-23-21(19)15(4)27-30-23/h6-14H,1-5H3,(H,25,29)/t14-/m1/s1. The molecule has 154 valence electrons. The van der Waals surface area contributed by atoms with E-state index in [1.54, 1.807) is 16.9 Å². The molecule has 1 N–H and O–H groups in total. The van der Waals surface area contributed by atoms with Gasteiger partial charge in [0.05, 0.1) is 34.6 Å². The second kappa shape index (κ2) is 7.74. The van der Waals surface area contributed by atoms with Crippen LogP contribution >= 0.6 is 0 Å². The van der Waals surface area contributed by atoms with Crippen LogP contribution in [0.25, 0.3) is 22.4 Å². The van der Waals surface area contributed by atoms with Gasteiger partial charge >= 0.3 is 0 Å². The van der Waals surface area contributed by atoms with Crippen LogP contribution in [0.5, 0.6) is 0 Å². The zero-order valence-electron chi connectivity index (χ0n) is 17.8. The summed E-state index contributed by atoms with van der Waals surface area (Å²) in [6, 6.07) is 9.97. The minimum Gasteiger partial charge on any atom is -0.345 e. The smallest absolute Gasteiger partial charge is 0.259 e. The maximum Gasteiger partial charge on any atom is 0.259 e. The Morgan fingerprint density at radius 3 is 2.47 bits per heavy atom. The van der Waals surface area contributed by atoms with Crippen molar-refractivity contribution in [2.45, 2.75) is 39.7 Å². The van der Waals surface area contributed by atoms with Gasteiger partial charge in [0.25, 0.3) is 11.6 Å². The second-order valence-corrected chi connectivity index (χ2v) is 7.92. The van der Waals surface area contributed by atoms with Crippen molar-refractivity contribution < 1.29 is 9.32 Å². The number of benzene rings is 1. The van der Waals surface area contributed by atoms with Gasteiger partial charge in [0, 0.05) is 18.8 Å². The van der Waals surface area contributed by atoms with Crippen molar-refractivity contribution in [1.29, 1.82) is 0 Å². The van der Waals surface area contributed by atoms with Gasteiger partial charge in [-0.3, -0.25) is 9.48 Å². The molecule has 4 rings (SSSR count). The lowest BCUT2D eigenvalue weighted by Gasteiger charge is -2.16. The van der Waals surface area contributed by atoms with Gasteiger partial charge in [0.1, 0.15) is 0 Å². The molecule has 0 aliphatic heterocycles. The first-order chi connectivity index (χ1) is 14.3. The molecule has 30 heavy (non-hydrogen) atoms. The number of fused-ring (bicyclic) bond motifs is 1. The highest BCUT2D eigenvalue weighted by molar-refractivity contribution is 6.07. The van der Waals surface area contributed by atoms with Crippen LogP contribution in [0.3, 0.4) is 0 Å². The topological polar surface area (TPSA) is 85.8 Å². The summed E-state index contributed by atoms with van der Waals surface area (Å²) in [5.41, 5.74) is 5.21. The van der Waals surface area contributed by atoms with Gasteiger partial charge in [0.15, 0.2) is 0 Å². The molecule has 0 fully saturated rings. The van der Waals surface area contributed by atoms with Crippen molar-refractivity contribution in [2.24, 2.45) is 7.05 Å². The van der Waals surface area contributed by atoms with Crippen molar-refractivity contribution in [3.63, 3.8) is 0 Å². The van der Waals surface area contributed by atoms with E-state index in [0.717, 1.165) is 11.1 Å². The summed E-state index contributed by atoms with van der Waals surface area (Å²) in [5, 5.41) is 11.9. The fourth-order valence-electron chi connectivity index (χ4n) is 3.50. The van der Waals surface area contributed by atoms with Crippen molar-refractivity contribution in [3.8, 4) is 11.3 Å². The predicted octanol–water partition coefficient (Wildman–Crippen LogP) is 4.55. The normalized spacial score (nSPS) is 12.5. The molecule has 1 amide bonds. The summed E-state index contributed by atoms with van der Waals surface area (Å²) in [6.45, 7) is 8.11. The number of hydrogen-bond acceptors (Lipinski definition) is 5. The van der Waals surface area contributed by atoms with Crippen molar-refractivity contribution >= 4 is 17.0 Å². The van der Waals surface area contributed by atoms with Crippen molar-refractivity contribution in [1.82, 2.24) is 25.2 Å². The lowest BCUT2D eigenvalue weighted by atomic mass is 9.99. The quantitative estimate of drug-likeness (QED) is 0.528. The van der Waals surface area contributed by atoms with Crippen LogP contribution in [-0.4, -0.2) is 25.8 Å². The largest absolute Gasteiger partial charge is 0.345 e. The molecule has 1 aromatic carbocycles. The highest BCUT2D eigenvalue weighted by atomic mass is 16.5. The molecule has 7 nitrogen and oxygen atoms in total. The Morgan fingerprint density at radius 1 is 1.13 bits per heavy atom. The molecule has 0 aliphatic rings. The first-order valence-corrected chi connectivity index (χ1v) is 10.00. The number of aromatic nitrogens is 4. The number of carbonyl (C=O) groups is 1. The van der Waals surface area contributed by atoms with Crippen LogP contribution in [0.2, 0.25) is 0 Å². The molecule has 0 radical (unpaired) electrons. The van der Waals surface area contributed by atoms with Gasteiger partial charge in [-0.1, -0.05) is 43.3 Å². The SMILES string of the molecule is Cc1noc2nc(-c3cnn(C)c3)cc(C(=O)N[C@H](C)c3ccc(C(C)C)cc3)c12. The van der Waals surface area contributed by atoms with Crippen LogP contribution < -0.4 is 5.32 Å². The van der Waals surface area contributed by atoms with E-state index in [1.807, 2.05) is 27.1 Å². The van der Waals surface area contributed by atoms with E-state index >= 15 is 0 Å². The molecule has 3 heterocycles. The maximum atomic E-state index is 13.2. The fourth-order valence-corrected chi connectivity index (χ4v) is 3.50. The number of amides is 1. The fraction of sp³-hybridized carbons (Fsp3) is 0.304. The van der Waals surface area contributed by atoms with Crippen LogP contribution in [0.1, 0.15) is 59.9 Å². The Morgan fingerprint density at radius 2 is 1.83 bits per heavy atom. The third kappa shape index (κ3) is 3.70. The zero-order chi connectivity index (χ0) is 21.4. The minimum absolute atomic E-state index is 0.149. The molecule has 3 aromatic heterocycles. The Kier molecular flexibility index (Phi) is 5.11. The molecule has 0 aliphatic carbocycles. The van der Waals surface area contributed by atoms with E-state index in [0.29, 0.717) is 34.0 Å². The monoisotopic (exact) mass is 403 g/mol. The summed E-state index contributed by atoms with van der Waals surface area (Å²) >= 11 is 0. The second-order valence-electron chi connectivity index (χ2n) is 7.92. The number of nitrogens with zero attached hydrogens (tertiary/aromatic N) is 4. The van der Waals surface area contributed by atoms with Crippen LogP contribution in [0, 0.1) is 6.92 Å². The average molecular weight is 403 g/mol. The molecule has 0 unspecified atom stereocenters. The minimum atomic E-state index is -0.195. The number of hydrogen-bond donors (Lipinski definition) is 1. The molecular weight excluding hydrogens is 378 g/mol. The molecule has 0 bridgehead atoms. The Bertz CT molecular complexity index is 1200. The van der Waals surface area contributed by atoms with Crippen LogP contribution in [-0.2, 0) is 7.05 Å². The third-order valence-electron chi connectivity index (χ3n) is 5.31. The number of rotatable bonds is 5.